The summed E-state index contributed by atoms with van der Waals surface area (Å²) in [4.78, 5) is 38.8. The van der Waals surface area contributed by atoms with Gasteiger partial charge in [0, 0.05) is 28.3 Å². The topological polar surface area (TPSA) is 173 Å². The van der Waals surface area contributed by atoms with Crippen LogP contribution in [0.3, 0.4) is 0 Å². The van der Waals surface area contributed by atoms with E-state index >= 15 is 0 Å². The van der Waals surface area contributed by atoms with Crippen molar-refractivity contribution in [2.24, 2.45) is 10.8 Å². The molecule has 0 bridgehead atoms. The molecule has 15 nitrogen and oxygen atoms in total. The van der Waals surface area contributed by atoms with Gasteiger partial charge in [0.2, 0.25) is 0 Å². The summed E-state index contributed by atoms with van der Waals surface area (Å²) in [6.07, 6.45) is 0. The summed E-state index contributed by atoms with van der Waals surface area (Å²) in [5.74, 6) is -5.36. The molecule has 0 fully saturated rings. The van der Waals surface area contributed by atoms with Gasteiger partial charge >= 0.3 is 23.7 Å². The van der Waals surface area contributed by atoms with Crippen molar-refractivity contribution in [3.63, 3.8) is 0 Å². The quantitative estimate of drug-likeness (QED) is 0.0794. The van der Waals surface area contributed by atoms with Crippen LogP contribution >= 0.6 is 0 Å². The predicted molar refractivity (Wildman–Crippen MR) is 141 cm³/mol. The van der Waals surface area contributed by atoms with Crippen LogP contribution in [0.15, 0.2) is 0 Å². The molecule has 0 saturated heterocycles. The van der Waals surface area contributed by atoms with E-state index < -0.39 is 34.5 Å². The van der Waals surface area contributed by atoms with E-state index in [0.29, 0.717) is 33.0 Å². The summed E-state index contributed by atoms with van der Waals surface area (Å²) >= 11 is 0. The number of aliphatic hydroxyl groups excluding tert-OH is 1. The molecular formula is C26H48O15. The second-order valence-corrected chi connectivity index (χ2v) is 9.57. The SMILES string of the molecule is COCC(C)(COC)C(=O)OC(C)(OC(=O)C(C)(COC)COCOCCOCCOCCOCCO)C(=O)OC. The van der Waals surface area contributed by atoms with Crippen molar-refractivity contribution in [1.29, 1.82) is 0 Å². The van der Waals surface area contributed by atoms with E-state index in [4.69, 9.17) is 57.2 Å². The molecule has 41 heavy (non-hydrogen) atoms. The maximum atomic E-state index is 13.2. The molecule has 0 aliphatic rings. The third-order valence-corrected chi connectivity index (χ3v) is 5.44. The van der Waals surface area contributed by atoms with Crippen molar-refractivity contribution < 1.29 is 71.6 Å². The van der Waals surface area contributed by atoms with Gasteiger partial charge in [-0.1, -0.05) is 0 Å². The Morgan fingerprint density at radius 3 is 1.32 bits per heavy atom. The van der Waals surface area contributed by atoms with Gasteiger partial charge in [0.15, 0.2) is 0 Å². The molecule has 0 aromatic rings. The molecule has 0 heterocycles. The van der Waals surface area contributed by atoms with Gasteiger partial charge in [-0.25, -0.2) is 4.79 Å². The zero-order chi connectivity index (χ0) is 31.2. The highest BCUT2D eigenvalue weighted by atomic mass is 16.8. The molecule has 0 radical (unpaired) electrons. The van der Waals surface area contributed by atoms with Gasteiger partial charge in [-0.15, -0.1) is 0 Å². The number of aliphatic hydroxyl groups is 1. The first-order valence-corrected chi connectivity index (χ1v) is 13.0. The standard InChI is InChI=1S/C26H48O15/c1-24(16-31-4,17-32-5)21(28)40-26(3,23(30)34-7)41-22(29)25(2,18-33-6)19-39-20-38-15-14-37-13-12-36-11-10-35-9-8-27/h27H,8-20H2,1-7H3. The highest BCUT2D eigenvalue weighted by Gasteiger charge is 2.50. The van der Waals surface area contributed by atoms with E-state index in [-0.39, 0.29) is 53.0 Å². The van der Waals surface area contributed by atoms with Crippen molar-refractivity contribution in [3.8, 4) is 0 Å². The zero-order valence-corrected chi connectivity index (χ0v) is 25.4. The van der Waals surface area contributed by atoms with E-state index in [1.165, 1.54) is 35.2 Å². The lowest BCUT2D eigenvalue weighted by Gasteiger charge is -2.34. The fourth-order valence-electron chi connectivity index (χ4n) is 3.27. The van der Waals surface area contributed by atoms with Crippen molar-refractivity contribution in [1.82, 2.24) is 0 Å². The predicted octanol–water partition coefficient (Wildman–Crippen LogP) is -0.0534. The first-order chi connectivity index (χ1) is 19.5. The molecule has 0 amide bonds. The second-order valence-electron chi connectivity index (χ2n) is 9.57. The lowest BCUT2D eigenvalue weighted by atomic mass is 9.92. The molecule has 0 aromatic carbocycles. The van der Waals surface area contributed by atoms with E-state index in [9.17, 15) is 14.4 Å². The number of rotatable bonds is 26. The molecule has 0 rings (SSSR count). The van der Waals surface area contributed by atoms with Crippen molar-refractivity contribution in [2.45, 2.75) is 26.6 Å². The molecule has 0 aromatic heterocycles. The Balaban J connectivity index is 4.86. The number of carbonyl (C=O) groups is 3. The Morgan fingerprint density at radius 1 is 0.537 bits per heavy atom. The highest BCUT2D eigenvalue weighted by molar-refractivity contribution is 5.87. The average molecular weight is 601 g/mol. The van der Waals surface area contributed by atoms with E-state index in [0.717, 1.165) is 14.0 Å². The van der Waals surface area contributed by atoms with Gasteiger partial charge in [-0.05, 0) is 13.8 Å². The van der Waals surface area contributed by atoms with E-state index in [1.54, 1.807) is 0 Å². The number of hydrogen-bond donors (Lipinski definition) is 1. The van der Waals surface area contributed by atoms with Crippen molar-refractivity contribution in [3.05, 3.63) is 0 Å². The fourth-order valence-corrected chi connectivity index (χ4v) is 3.27. The molecule has 0 spiro atoms. The highest BCUT2D eigenvalue weighted by Crippen LogP contribution is 2.29. The summed E-state index contributed by atoms with van der Waals surface area (Å²) in [5.41, 5.74) is -2.70. The Bertz CT molecular complexity index is 728. The molecule has 2 atom stereocenters. The van der Waals surface area contributed by atoms with Crippen LogP contribution in [-0.2, 0) is 66.5 Å². The monoisotopic (exact) mass is 600 g/mol. The maximum absolute atomic E-state index is 13.2. The summed E-state index contributed by atoms with van der Waals surface area (Å²) in [7, 11) is 5.23. The summed E-state index contributed by atoms with van der Waals surface area (Å²) in [6.45, 7) is 5.74. The largest absolute Gasteiger partial charge is 0.463 e. The molecule has 0 saturated carbocycles. The van der Waals surface area contributed by atoms with Crippen LogP contribution in [0.2, 0.25) is 0 Å². The van der Waals surface area contributed by atoms with Crippen LogP contribution in [0, 0.1) is 10.8 Å². The minimum Gasteiger partial charge on any atom is -0.463 e. The van der Waals surface area contributed by atoms with Crippen LogP contribution in [0.1, 0.15) is 20.8 Å². The van der Waals surface area contributed by atoms with E-state index in [1.807, 2.05) is 0 Å². The molecule has 0 aliphatic heterocycles. The summed E-state index contributed by atoms with van der Waals surface area (Å²) in [6, 6.07) is 0. The Morgan fingerprint density at radius 2 is 0.927 bits per heavy atom. The van der Waals surface area contributed by atoms with Gasteiger partial charge in [0.05, 0.1) is 86.4 Å². The smallest absolute Gasteiger partial charge is 0.392 e. The summed E-state index contributed by atoms with van der Waals surface area (Å²) < 4.78 is 57.5. The van der Waals surface area contributed by atoms with E-state index in [2.05, 4.69) is 0 Å². The zero-order valence-electron chi connectivity index (χ0n) is 25.4. The fraction of sp³-hybridized carbons (Fsp3) is 0.885. The van der Waals surface area contributed by atoms with Crippen LogP contribution in [0.4, 0.5) is 0 Å². The minimum atomic E-state index is -2.41. The second kappa shape index (κ2) is 21.7. The number of ether oxygens (including phenoxy) is 11. The Hall–Kier alpha value is -1.95. The third-order valence-electron chi connectivity index (χ3n) is 5.44. The molecule has 242 valence electrons. The van der Waals surface area contributed by atoms with Gasteiger partial charge in [-0.3, -0.25) is 9.59 Å². The first-order valence-electron chi connectivity index (χ1n) is 13.0. The minimum absolute atomic E-state index is 0.0283. The first kappa shape index (κ1) is 39.0. The lowest BCUT2D eigenvalue weighted by Crippen LogP contribution is -2.52. The lowest BCUT2D eigenvalue weighted by molar-refractivity contribution is -0.246. The molecule has 0 aliphatic carbocycles. The van der Waals surface area contributed by atoms with Crippen LogP contribution < -0.4 is 0 Å². The van der Waals surface area contributed by atoms with Crippen molar-refractivity contribution in [2.75, 3.05) is 115 Å². The van der Waals surface area contributed by atoms with Crippen molar-refractivity contribution >= 4 is 17.9 Å². The van der Waals surface area contributed by atoms with Gasteiger partial charge in [0.1, 0.15) is 17.6 Å². The average Bonchev–Trinajstić information content (AvgIpc) is 2.93. The Kier molecular flexibility index (Phi) is 20.7. The summed E-state index contributed by atoms with van der Waals surface area (Å²) in [5, 5.41) is 8.61. The van der Waals surface area contributed by atoms with Crippen LogP contribution in [0.25, 0.3) is 0 Å². The number of carbonyl (C=O) groups excluding carboxylic acids is 3. The van der Waals surface area contributed by atoms with Gasteiger partial charge in [0.25, 0.3) is 0 Å². The third kappa shape index (κ3) is 15.2. The number of hydrogen-bond acceptors (Lipinski definition) is 15. The molecule has 1 N–H and O–H groups in total. The Labute approximate surface area is 241 Å². The number of methoxy groups -OCH3 is 4. The van der Waals surface area contributed by atoms with Gasteiger partial charge < -0.3 is 57.2 Å². The molecular weight excluding hydrogens is 552 g/mol. The van der Waals surface area contributed by atoms with Crippen LogP contribution in [0.5, 0.6) is 0 Å². The van der Waals surface area contributed by atoms with Crippen LogP contribution in [-0.4, -0.2) is 143 Å². The molecule has 15 heteroatoms. The number of esters is 3. The normalized spacial score (nSPS) is 14.6. The molecule has 2 unspecified atom stereocenters. The van der Waals surface area contributed by atoms with Gasteiger partial charge in [-0.2, -0.15) is 0 Å². The maximum Gasteiger partial charge on any atom is 0.392 e.